The first-order valence-electron chi connectivity index (χ1n) is 5.86. The van der Waals surface area contributed by atoms with E-state index in [-0.39, 0.29) is 5.56 Å². The van der Waals surface area contributed by atoms with Crippen LogP contribution in [0.3, 0.4) is 0 Å². The molecule has 7 heteroatoms. The summed E-state index contributed by atoms with van der Waals surface area (Å²) in [6, 6.07) is 1.46. The highest BCUT2D eigenvalue weighted by Gasteiger charge is 2.05. The van der Waals surface area contributed by atoms with Crippen molar-refractivity contribution in [3.8, 4) is 11.5 Å². The quantitative estimate of drug-likeness (QED) is 0.709. The second-order valence-electron chi connectivity index (χ2n) is 3.85. The van der Waals surface area contributed by atoms with Crippen molar-refractivity contribution in [2.24, 2.45) is 0 Å². The molecule has 0 spiro atoms. The van der Waals surface area contributed by atoms with Gasteiger partial charge in [-0.3, -0.25) is 9.78 Å². The zero-order valence-electron chi connectivity index (χ0n) is 10.6. The molecule has 19 heavy (non-hydrogen) atoms. The number of aromatic nitrogens is 4. The van der Waals surface area contributed by atoms with E-state index in [2.05, 4.69) is 25.3 Å². The molecule has 0 unspecified atom stereocenters. The van der Waals surface area contributed by atoms with Gasteiger partial charge in [0.25, 0.3) is 5.56 Å². The fourth-order valence-corrected chi connectivity index (χ4v) is 1.53. The van der Waals surface area contributed by atoms with Crippen LogP contribution in [0.1, 0.15) is 5.69 Å². The van der Waals surface area contributed by atoms with Crippen molar-refractivity contribution in [2.45, 2.75) is 6.54 Å². The smallest absolute Gasteiger partial charge is 0.251 e. The van der Waals surface area contributed by atoms with Gasteiger partial charge >= 0.3 is 0 Å². The third-order valence-corrected chi connectivity index (χ3v) is 2.39. The van der Waals surface area contributed by atoms with Crippen LogP contribution in [0.4, 0.5) is 0 Å². The van der Waals surface area contributed by atoms with Crippen LogP contribution in [0.5, 0.6) is 0 Å². The van der Waals surface area contributed by atoms with Crippen LogP contribution in [0.25, 0.3) is 11.5 Å². The summed E-state index contributed by atoms with van der Waals surface area (Å²) in [6.07, 6.45) is 4.68. The SMILES string of the molecule is COCCNCc1cc(=O)[nH]c(-c2cnccn2)n1. The highest BCUT2D eigenvalue weighted by Crippen LogP contribution is 2.07. The number of H-pyrrole nitrogens is 1. The Labute approximate surface area is 110 Å². The molecule has 0 saturated carbocycles. The molecule has 2 aromatic rings. The molecule has 2 N–H and O–H groups in total. The predicted octanol–water partition coefficient (Wildman–Crippen LogP) is -0.0371. The number of aromatic amines is 1. The molecule has 100 valence electrons. The molecule has 0 aliphatic heterocycles. The summed E-state index contributed by atoms with van der Waals surface area (Å²) in [5.74, 6) is 0.421. The first-order valence-corrected chi connectivity index (χ1v) is 5.86. The lowest BCUT2D eigenvalue weighted by molar-refractivity contribution is 0.199. The van der Waals surface area contributed by atoms with E-state index >= 15 is 0 Å². The molecule has 2 heterocycles. The van der Waals surface area contributed by atoms with Crippen molar-refractivity contribution in [3.05, 3.63) is 40.7 Å². The average molecular weight is 261 g/mol. The van der Waals surface area contributed by atoms with Crippen molar-refractivity contribution in [3.63, 3.8) is 0 Å². The number of nitrogens with one attached hydrogen (secondary N) is 2. The second kappa shape index (κ2) is 6.72. The average Bonchev–Trinajstić information content (AvgIpc) is 2.44. The normalized spacial score (nSPS) is 10.6. The fraction of sp³-hybridized carbons (Fsp3) is 0.333. The molecule has 0 fully saturated rings. The molecule has 0 aromatic carbocycles. The Morgan fingerprint density at radius 1 is 1.42 bits per heavy atom. The summed E-state index contributed by atoms with van der Waals surface area (Å²) in [4.78, 5) is 26.6. The summed E-state index contributed by atoms with van der Waals surface area (Å²) >= 11 is 0. The minimum atomic E-state index is -0.209. The molecule has 7 nitrogen and oxygen atoms in total. The van der Waals surface area contributed by atoms with Gasteiger partial charge in [-0.2, -0.15) is 0 Å². The Kier molecular flexibility index (Phi) is 4.71. The Morgan fingerprint density at radius 2 is 2.32 bits per heavy atom. The molecule has 0 bridgehead atoms. The van der Waals surface area contributed by atoms with Gasteiger partial charge in [-0.05, 0) is 0 Å². The molecule has 0 amide bonds. The van der Waals surface area contributed by atoms with Gasteiger partial charge in [0.05, 0.1) is 18.5 Å². The molecule has 0 radical (unpaired) electrons. The summed E-state index contributed by atoms with van der Waals surface area (Å²) in [5, 5.41) is 3.13. The molecule has 0 saturated heterocycles. The van der Waals surface area contributed by atoms with E-state index in [1.165, 1.54) is 6.07 Å². The van der Waals surface area contributed by atoms with Gasteiger partial charge in [-0.25, -0.2) is 9.97 Å². The monoisotopic (exact) mass is 261 g/mol. The van der Waals surface area contributed by atoms with E-state index in [0.29, 0.717) is 36.9 Å². The van der Waals surface area contributed by atoms with Crippen LogP contribution < -0.4 is 10.9 Å². The van der Waals surface area contributed by atoms with E-state index in [1.54, 1.807) is 25.7 Å². The second-order valence-corrected chi connectivity index (χ2v) is 3.85. The van der Waals surface area contributed by atoms with Crippen LogP contribution in [-0.2, 0) is 11.3 Å². The Bertz CT molecular complexity index is 570. The van der Waals surface area contributed by atoms with Crippen LogP contribution in [0.15, 0.2) is 29.5 Å². The van der Waals surface area contributed by atoms with E-state index < -0.39 is 0 Å². The van der Waals surface area contributed by atoms with E-state index in [4.69, 9.17) is 4.74 Å². The van der Waals surface area contributed by atoms with Gasteiger partial charge in [0, 0.05) is 38.7 Å². The van der Waals surface area contributed by atoms with Crippen LogP contribution in [-0.4, -0.2) is 40.2 Å². The van der Waals surface area contributed by atoms with Crippen molar-refractivity contribution in [1.82, 2.24) is 25.3 Å². The highest BCUT2D eigenvalue weighted by molar-refractivity contribution is 5.46. The first kappa shape index (κ1) is 13.3. The fourth-order valence-electron chi connectivity index (χ4n) is 1.53. The lowest BCUT2D eigenvalue weighted by atomic mass is 10.3. The maximum absolute atomic E-state index is 11.6. The third kappa shape index (κ3) is 3.94. The summed E-state index contributed by atoms with van der Waals surface area (Å²) in [6.45, 7) is 1.81. The van der Waals surface area contributed by atoms with Crippen LogP contribution >= 0.6 is 0 Å². The molecule has 0 aliphatic carbocycles. The minimum Gasteiger partial charge on any atom is -0.383 e. The Morgan fingerprint density at radius 3 is 3.05 bits per heavy atom. The number of hydrogen-bond acceptors (Lipinski definition) is 6. The first-order chi connectivity index (χ1) is 9.29. The van der Waals surface area contributed by atoms with Crippen molar-refractivity contribution >= 4 is 0 Å². The number of nitrogens with zero attached hydrogens (tertiary/aromatic N) is 3. The largest absolute Gasteiger partial charge is 0.383 e. The van der Waals surface area contributed by atoms with Gasteiger partial charge in [0.2, 0.25) is 0 Å². The van der Waals surface area contributed by atoms with E-state index in [1.807, 2.05) is 0 Å². The number of hydrogen-bond donors (Lipinski definition) is 2. The van der Waals surface area contributed by atoms with Gasteiger partial charge in [0.1, 0.15) is 5.69 Å². The van der Waals surface area contributed by atoms with Gasteiger partial charge < -0.3 is 15.0 Å². The zero-order valence-corrected chi connectivity index (χ0v) is 10.6. The van der Waals surface area contributed by atoms with Gasteiger partial charge in [-0.1, -0.05) is 0 Å². The lowest BCUT2D eigenvalue weighted by Gasteiger charge is -2.05. The third-order valence-electron chi connectivity index (χ3n) is 2.39. The summed E-state index contributed by atoms with van der Waals surface area (Å²) in [5.41, 5.74) is 0.984. The molecule has 2 aromatic heterocycles. The van der Waals surface area contributed by atoms with Crippen molar-refractivity contribution < 1.29 is 4.74 Å². The molecular formula is C12H15N5O2. The Balaban J connectivity index is 2.14. The van der Waals surface area contributed by atoms with E-state index in [0.717, 1.165) is 0 Å². The summed E-state index contributed by atoms with van der Waals surface area (Å²) < 4.78 is 4.93. The molecule has 2 rings (SSSR count). The standard InChI is InChI=1S/C12H15N5O2/c1-19-5-4-14-7-9-6-11(18)17-12(16-9)10-8-13-2-3-15-10/h2-3,6,8,14H,4-5,7H2,1H3,(H,16,17,18). The van der Waals surface area contributed by atoms with Crippen LogP contribution in [0.2, 0.25) is 0 Å². The van der Waals surface area contributed by atoms with Gasteiger partial charge in [-0.15, -0.1) is 0 Å². The highest BCUT2D eigenvalue weighted by atomic mass is 16.5. The molecule has 0 atom stereocenters. The number of methoxy groups -OCH3 is 1. The predicted molar refractivity (Wildman–Crippen MR) is 69.5 cm³/mol. The molecule has 0 aliphatic rings. The number of ether oxygens (including phenoxy) is 1. The van der Waals surface area contributed by atoms with Gasteiger partial charge in [0.15, 0.2) is 5.82 Å². The minimum absolute atomic E-state index is 0.209. The molecular weight excluding hydrogens is 246 g/mol. The maximum Gasteiger partial charge on any atom is 0.251 e. The summed E-state index contributed by atoms with van der Waals surface area (Å²) in [7, 11) is 1.64. The zero-order chi connectivity index (χ0) is 13.5. The number of rotatable bonds is 6. The van der Waals surface area contributed by atoms with Crippen molar-refractivity contribution in [1.29, 1.82) is 0 Å². The lowest BCUT2D eigenvalue weighted by Crippen LogP contribution is -2.21. The van der Waals surface area contributed by atoms with Crippen LogP contribution in [0, 0.1) is 0 Å². The Hall–Kier alpha value is -2.12. The van der Waals surface area contributed by atoms with E-state index in [9.17, 15) is 4.79 Å². The van der Waals surface area contributed by atoms with Crippen molar-refractivity contribution in [2.75, 3.05) is 20.3 Å². The topological polar surface area (TPSA) is 92.8 Å². The maximum atomic E-state index is 11.6.